The molecular formula is C12H15N5O3S. The summed E-state index contributed by atoms with van der Waals surface area (Å²) in [6, 6.07) is 6.75. The van der Waals surface area contributed by atoms with Crippen molar-refractivity contribution in [2.45, 2.75) is 11.8 Å². The molecule has 2 aromatic rings. The molecule has 0 aliphatic heterocycles. The van der Waals surface area contributed by atoms with E-state index in [1.807, 2.05) is 6.92 Å². The van der Waals surface area contributed by atoms with Crippen LogP contribution >= 0.6 is 0 Å². The zero-order chi connectivity index (χ0) is 15.3. The third-order valence-electron chi connectivity index (χ3n) is 2.50. The van der Waals surface area contributed by atoms with E-state index >= 15 is 0 Å². The maximum Gasteiger partial charge on any atom is 0.265 e. The van der Waals surface area contributed by atoms with Crippen molar-refractivity contribution >= 4 is 21.7 Å². The van der Waals surface area contributed by atoms with Crippen molar-refractivity contribution in [2.75, 3.05) is 16.8 Å². The number of nitrogens with one attached hydrogen (secondary N) is 2. The Balaban J connectivity index is 2.28. The van der Waals surface area contributed by atoms with Crippen LogP contribution in [-0.2, 0) is 10.0 Å². The summed E-state index contributed by atoms with van der Waals surface area (Å²) in [7, 11) is -3.80. The first kappa shape index (κ1) is 15.0. The molecule has 0 spiro atoms. The first-order valence-corrected chi connectivity index (χ1v) is 7.58. The lowest BCUT2D eigenvalue weighted by Crippen LogP contribution is -2.16. The largest absolute Gasteiger partial charge is 0.492 e. The molecular weight excluding hydrogens is 294 g/mol. The van der Waals surface area contributed by atoms with Gasteiger partial charge in [-0.2, -0.15) is 0 Å². The number of anilines is 2. The third-order valence-corrected chi connectivity index (χ3v) is 3.82. The molecule has 0 radical (unpaired) electrons. The van der Waals surface area contributed by atoms with Gasteiger partial charge in [0.25, 0.3) is 10.0 Å². The van der Waals surface area contributed by atoms with Crippen molar-refractivity contribution in [3.05, 3.63) is 36.7 Å². The van der Waals surface area contributed by atoms with Crippen LogP contribution in [0.4, 0.5) is 11.6 Å². The highest BCUT2D eigenvalue weighted by Crippen LogP contribution is 2.26. The van der Waals surface area contributed by atoms with Gasteiger partial charge in [0, 0.05) is 0 Å². The Hall–Kier alpha value is -2.39. The van der Waals surface area contributed by atoms with Crippen LogP contribution in [0.1, 0.15) is 6.92 Å². The Morgan fingerprint density at radius 1 is 1.24 bits per heavy atom. The molecule has 0 unspecified atom stereocenters. The van der Waals surface area contributed by atoms with Gasteiger partial charge in [-0.1, -0.05) is 12.1 Å². The Morgan fingerprint density at radius 2 is 1.90 bits per heavy atom. The number of nitrogen functional groups attached to an aromatic ring is 1. The molecule has 0 bridgehead atoms. The first-order chi connectivity index (χ1) is 10.1. The number of ether oxygens (including phenoxy) is 1. The van der Waals surface area contributed by atoms with Crippen LogP contribution in [0.15, 0.2) is 41.6 Å². The van der Waals surface area contributed by atoms with Crippen molar-refractivity contribution < 1.29 is 13.2 Å². The molecule has 0 amide bonds. The number of hydrogen-bond donors (Lipinski definition) is 3. The third kappa shape index (κ3) is 3.58. The SMILES string of the molecule is CCOc1ccccc1NS(=O)(=O)c1cnc(NN)nc1. The second kappa shape index (κ2) is 6.37. The zero-order valence-corrected chi connectivity index (χ0v) is 12.1. The van der Waals surface area contributed by atoms with E-state index in [-0.39, 0.29) is 10.8 Å². The van der Waals surface area contributed by atoms with Crippen LogP contribution < -0.4 is 20.7 Å². The molecule has 0 saturated carbocycles. The molecule has 4 N–H and O–H groups in total. The molecule has 0 atom stereocenters. The lowest BCUT2D eigenvalue weighted by atomic mass is 10.3. The van der Waals surface area contributed by atoms with Gasteiger partial charge in [0.1, 0.15) is 10.6 Å². The highest BCUT2D eigenvalue weighted by atomic mass is 32.2. The fraction of sp³-hybridized carbons (Fsp3) is 0.167. The monoisotopic (exact) mass is 309 g/mol. The summed E-state index contributed by atoms with van der Waals surface area (Å²) >= 11 is 0. The minimum absolute atomic E-state index is 0.0761. The molecule has 112 valence electrons. The lowest BCUT2D eigenvalue weighted by Gasteiger charge is -2.12. The van der Waals surface area contributed by atoms with E-state index in [1.54, 1.807) is 24.3 Å². The quantitative estimate of drug-likeness (QED) is 0.537. The summed E-state index contributed by atoms with van der Waals surface area (Å²) in [5.41, 5.74) is 2.57. The predicted octanol–water partition coefficient (Wildman–Crippen LogP) is 0.962. The summed E-state index contributed by atoms with van der Waals surface area (Å²) < 4.78 is 32.3. The fourth-order valence-electron chi connectivity index (χ4n) is 1.57. The molecule has 0 aliphatic rings. The number of para-hydroxylation sites is 2. The molecule has 1 heterocycles. The number of hydrazine groups is 1. The lowest BCUT2D eigenvalue weighted by molar-refractivity contribution is 0.342. The van der Waals surface area contributed by atoms with Gasteiger partial charge >= 0.3 is 0 Å². The van der Waals surface area contributed by atoms with Crippen LogP contribution in [-0.4, -0.2) is 25.0 Å². The standard InChI is InChI=1S/C12H15N5O3S/c1-2-20-11-6-4-3-5-10(11)17-21(18,19)9-7-14-12(16-13)15-8-9/h3-8,17H,2,13H2,1H3,(H,14,15,16). The van der Waals surface area contributed by atoms with Crippen molar-refractivity contribution in [1.82, 2.24) is 9.97 Å². The van der Waals surface area contributed by atoms with E-state index < -0.39 is 10.0 Å². The fourth-order valence-corrected chi connectivity index (χ4v) is 2.52. The summed E-state index contributed by atoms with van der Waals surface area (Å²) in [6.45, 7) is 2.25. The van der Waals surface area contributed by atoms with Crippen LogP contribution in [0, 0.1) is 0 Å². The summed E-state index contributed by atoms with van der Waals surface area (Å²) in [6.07, 6.45) is 2.32. The maximum atomic E-state index is 12.3. The normalized spacial score (nSPS) is 11.0. The van der Waals surface area contributed by atoms with Gasteiger partial charge < -0.3 is 4.74 Å². The summed E-state index contributed by atoms with van der Waals surface area (Å²) in [5.74, 6) is 5.71. The molecule has 2 rings (SSSR count). The molecule has 9 heteroatoms. The number of nitrogens with zero attached hydrogens (tertiary/aromatic N) is 2. The van der Waals surface area contributed by atoms with E-state index in [2.05, 4.69) is 20.1 Å². The minimum atomic E-state index is -3.80. The molecule has 1 aromatic carbocycles. The topological polar surface area (TPSA) is 119 Å². The molecule has 0 aliphatic carbocycles. The number of sulfonamides is 1. The van der Waals surface area contributed by atoms with Crippen molar-refractivity contribution in [2.24, 2.45) is 5.84 Å². The molecule has 0 saturated heterocycles. The Bertz CT molecular complexity index is 703. The van der Waals surface area contributed by atoms with E-state index in [9.17, 15) is 8.42 Å². The highest BCUT2D eigenvalue weighted by molar-refractivity contribution is 7.92. The van der Waals surface area contributed by atoms with E-state index in [4.69, 9.17) is 10.6 Å². The van der Waals surface area contributed by atoms with E-state index in [1.165, 1.54) is 0 Å². The average Bonchev–Trinajstić information content (AvgIpc) is 2.49. The zero-order valence-electron chi connectivity index (χ0n) is 11.3. The van der Waals surface area contributed by atoms with Crippen molar-refractivity contribution in [1.29, 1.82) is 0 Å². The maximum absolute atomic E-state index is 12.3. The molecule has 8 nitrogen and oxygen atoms in total. The Kier molecular flexibility index (Phi) is 4.55. The minimum Gasteiger partial charge on any atom is -0.492 e. The highest BCUT2D eigenvalue weighted by Gasteiger charge is 2.17. The van der Waals surface area contributed by atoms with Crippen LogP contribution in [0.2, 0.25) is 0 Å². The molecule has 1 aromatic heterocycles. The van der Waals surface area contributed by atoms with E-state index in [0.29, 0.717) is 18.0 Å². The Morgan fingerprint density at radius 3 is 2.52 bits per heavy atom. The number of benzene rings is 1. The van der Waals surface area contributed by atoms with Gasteiger partial charge in [0.05, 0.1) is 24.7 Å². The second-order valence-electron chi connectivity index (χ2n) is 3.92. The predicted molar refractivity (Wildman–Crippen MR) is 78.3 cm³/mol. The smallest absolute Gasteiger partial charge is 0.265 e. The number of hydrogen-bond acceptors (Lipinski definition) is 7. The number of rotatable bonds is 6. The van der Waals surface area contributed by atoms with Gasteiger partial charge in [-0.25, -0.2) is 24.2 Å². The van der Waals surface area contributed by atoms with Crippen molar-refractivity contribution in [3.8, 4) is 5.75 Å². The van der Waals surface area contributed by atoms with Crippen LogP contribution in [0.5, 0.6) is 5.75 Å². The van der Waals surface area contributed by atoms with Gasteiger partial charge in [0.2, 0.25) is 5.95 Å². The first-order valence-electron chi connectivity index (χ1n) is 6.10. The summed E-state index contributed by atoms with van der Waals surface area (Å²) in [4.78, 5) is 7.46. The average molecular weight is 309 g/mol. The number of nitrogens with two attached hydrogens (primary N) is 1. The second-order valence-corrected chi connectivity index (χ2v) is 5.60. The van der Waals surface area contributed by atoms with Gasteiger partial charge in [0.15, 0.2) is 0 Å². The van der Waals surface area contributed by atoms with E-state index in [0.717, 1.165) is 12.4 Å². The number of aromatic nitrogens is 2. The summed E-state index contributed by atoms with van der Waals surface area (Å²) in [5, 5.41) is 0. The van der Waals surface area contributed by atoms with Gasteiger partial charge in [-0.05, 0) is 19.1 Å². The van der Waals surface area contributed by atoms with Gasteiger partial charge in [-0.3, -0.25) is 10.1 Å². The van der Waals surface area contributed by atoms with Crippen LogP contribution in [0.25, 0.3) is 0 Å². The molecule has 0 fully saturated rings. The Labute approximate surface area is 122 Å². The van der Waals surface area contributed by atoms with Crippen LogP contribution in [0.3, 0.4) is 0 Å². The van der Waals surface area contributed by atoms with Gasteiger partial charge in [-0.15, -0.1) is 0 Å². The van der Waals surface area contributed by atoms with Crippen molar-refractivity contribution in [3.63, 3.8) is 0 Å². The molecule has 21 heavy (non-hydrogen) atoms.